The van der Waals surface area contributed by atoms with E-state index in [1.807, 2.05) is 17.5 Å². The zero-order valence-electron chi connectivity index (χ0n) is 15.2. The zero-order valence-corrected chi connectivity index (χ0v) is 16.8. The highest BCUT2D eigenvalue weighted by Crippen LogP contribution is 2.34. The van der Waals surface area contributed by atoms with Gasteiger partial charge in [-0.05, 0) is 23.6 Å². The lowest BCUT2D eigenvalue weighted by atomic mass is 10.3. The van der Waals surface area contributed by atoms with Crippen LogP contribution in [0.3, 0.4) is 0 Å². The number of benzene rings is 1. The molecule has 0 amide bonds. The minimum Gasteiger partial charge on any atom is -0.486 e. The first kappa shape index (κ1) is 18.6. The molecule has 9 nitrogen and oxygen atoms in total. The maximum atomic E-state index is 13.2. The lowest BCUT2D eigenvalue weighted by Crippen LogP contribution is -2.42. The molecule has 1 fully saturated rings. The van der Waals surface area contributed by atoms with Crippen LogP contribution in [0.15, 0.2) is 45.1 Å². The van der Waals surface area contributed by atoms with Gasteiger partial charge in [0.1, 0.15) is 13.2 Å². The van der Waals surface area contributed by atoms with Crippen molar-refractivity contribution in [3.63, 3.8) is 0 Å². The van der Waals surface area contributed by atoms with Gasteiger partial charge in [-0.2, -0.15) is 9.29 Å². The fourth-order valence-electron chi connectivity index (χ4n) is 3.20. The van der Waals surface area contributed by atoms with Gasteiger partial charge in [-0.25, -0.2) is 8.42 Å². The Morgan fingerprint density at radius 3 is 2.79 bits per heavy atom. The summed E-state index contributed by atoms with van der Waals surface area (Å²) >= 11 is 1.50. The molecule has 5 rings (SSSR count). The Bertz CT molecular complexity index is 1110. The molecule has 1 saturated heterocycles. The summed E-state index contributed by atoms with van der Waals surface area (Å²) in [5, 5.41) is 5.89. The maximum Gasteiger partial charge on any atom is 0.257 e. The molecule has 0 N–H and O–H groups in total. The summed E-state index contributed by atoms with van der Waals surface area (Å²) in [5.41, 5.74) is 0. The summed E-state index contributed by atoms with van der Waals surface area (Å²) in [7, 11) is -3.74. The molecule has 152 valence electrons. The molecular formula is C18H17N3O6S2. The van der Waals surface area contributed by atoms with Crippen LogP contribution in [0.1, 0.15) is 12.0 Å². The van der Waals surface area contributed by atoms with Crippen molar-refractivity contribution in [2.75, 3.05) is 32.9 Å². The van der Waals surface area contributed by atoms with Gasteiger partial charge in [-0.3, -0.25) is 0 Å². The molecule has 2 aliphatic heterocycles. The summed E-state index contributed by atoms with van der Waals surface area (Å²) < 4.78 is 49.7. The van der Waals surface area contributed by atoms with Crippen LogP contribution in [0, 0.1) is 0 Å². The Balaban J connectivity index is 1.37. The van der Waals surface area contributed by atoms with Gasteiger partial charge in [0.25, 0.3) is 5.89 Å². The average Bonchev–Trinajstić information content (AvgIpc) is 3.45. The van der Waals surface area contributed by atoms with Crippen LogP contribution in [0.2, 0.25) is 0 Å². The molecular weight excluding hydrogens is 418 g/mol. The number of morpholine rings is 1. The molecule has 0 radical (unpaired) electrons. The van der Waals surface area contributed by atoms with E-state index in [2.05, 4.69) is 10.1 Å². The second-order valence-electron chi connectivity index (χ2n) is 6.46. The Kier molecular flexibility index (Phi) is 4.74. The highest BCUT2D eigenvalue weighted by Gasteiger charge is 2.35. The number of fused-ring (bicyclic) bond motifs is 1. The van der Waals surface area contributed by atoms with Crippen molar-refractivity contribution >= 4 is 21.4 Å². The topological polar surface area (TPSA) is 104 Å². The van der Waals surface area contributed by atoms with Crippen LogP contribution in [0.5, 0.6) is 11.5 Å². The summed E-state index contributed by atoms with van der Waals surface area (Å²) in [5.74, 6) is 1.70. The first-order valence-corrected chi connectivity index (χ1v) is 11.3. The van der Waals surface area contributed by atoms with Crippen molar-refractivity contribution in [1.29, 1.82) is 0 Å². The predicted molar refractivity (Wildman–Crippen MR) is 102 cm³/mol. The highest BCUT2D eigenvalue weighted by molar-refractivity contribution is 7.89. The Labute approximate surface area is 170 Å². The minimum absolute atomic E-state index is 0.0862. The summed E-state index contributed by atoms with van der Waals surface area (Å²) in [6, 6.07) is 8.42. The molecule has 2 aliphatic rings. The first-order valence-electron chi connectivity index (χ1n) is 9.00. The van der Waals surface area contributed by atoms with Gasteiger partial charge in [0.15, 0.2) is 17.6 Å². The Morgan fingerprint density at radius 1 is 1.10 bits per heavy atom. The van der Waals surface area contributed by atoms with Crippen molar-refractivity contribution in [3.8, 4) is 22.2 Å². The second-order valence-corrected chi connectivity index (χ2v) is 9.35. The van der Waals surface area contributed by atoms with E-state index in [9.17, 15) is 8.42 Å². The number of ether oxygens (including phenoxy) is 3. The Hall–Kier alpha value is -2.47. The minimum atomic E-state index is -3.74. The number of aromatic nitrogens is 2. The van der Waals surface area contributed by atoms with Gasteiger partial charge >= 0.3 is 0 Å². The zero-order chi connectivity index (χ0) is 19.8. The highest BCUT2D eigenvalue weighted by atomic mass is 32.2. The van der Waals surface area contributed by atoms with Crippen molar-refractivity contribution in [2.24, 2.45) is 0 Å². The van der Waals surface area contributed by atoms with Crippen LogP contribution in [-0.2, 0) is 14.8 Å². The smallest absolute Gasteiger partial charge is 0.257 e. The molecule has 1 atom stereocenters. The van der Waals surface area contributed by atoms with Gasteiger partial charge in [0, 0.05) is 19.2 Å². The van der Waals surface area contributed by atoms with Crippen LogP contribution >= 0.6 is 11.3 Å². The number of rotatable bonds is 4. The van der Waals surface area contributed by atoms with E-state index in [-0.39, 0.29) is 30.5 Å². The van der Waals surface area contributed by atoms with Crippen LogP contribution in [-0.4, -0.2) is 55.8 Å². The van der Waals surface area contributed by atoms with Crippen molar-refractivity contribution in [1.82, 2.24) is 14.4 Å². The molecule has 29 heavy (non-hydrogen) atoms. The van der Waals surface area contributed by atoms with Gasteiger partial charge in [0.05, 0.1) is 16.4 Å². The van der Waals surface area contributed by atoms with Crippen LogP contribution < -0.4 is 9.47 Å². The third kappa shape index (κ3) is 3.50. The predicted octanol–water partition coefficient (Wildman–Crippen LogP) is 2.33. The lowest BCUT2D eigenvalue weighted by molar-refractivity contribution is -0.0199. The first-order chi connectivity index (χ1) is 14.1. The van der Waals surface area contributed by atoms with Crippen molar-refractivity contribution in [3.05, 3.63) is 41.6 Å². The van der Waals surface area contributed by atoms with E-state index in [0.717, 1.165) is 4.88 Å². The summed E-state index contributed by atoms with van der Waals surface area (Å²) in [6.07, 6.45) is -0.628. The van der Waals surface area contributed by atoms with Gasteiger partial charge in [-0.15, -0.1) is 11.3 Å². The molecule has 1 aromatic carbocycles. The van der Waals surface area contributed by atoms with Crippen LogP contribution in [0.25, 0.3) is 10.7 Å². The number of sulfonamides is 1. The molecule has 0 saturated carbocycles. The second kappa shape index (κ2) is 7.41. The number of hydrogen-bond acceptors (Lipinski definition) is 9. The van der Waals surface area contributed by atoms with Crippen molar-refractivity contribution < 1.29 is 27.2 Å². The van der Waals surface area contributed by atoms with E-state index in [1.54, 1.807) is 6.07 Å². The largest absolute Gasteiger partial charge is 0.486 e. The standard InChI is InChI=1S/C18H17N3O6S2/c22-29(23,12-3-4-13-14(10-12)26-8-7-25-13)21-5-6-24-15(11-21)18-19-17(20-27-18)16-2-1-9-28-16/h1-4,9-10,15H,5-8,11H2/t15-/m1/s1. The van der Waals surface area contributed by atoms with Gasteiger partial charge < -0.3 is 18.7 Å². The third-order valence-corrected chi connectivity index (χ3v) is 7.37. The maximum absolute atomic E-state index is 13.2. The SMILES string of the molecule is O=S(=O)(c1ccc2c(c1)OCCO2)N1CCO[C@@H](c2nc(-c3cccs3)no2)C1. The number of thiophene rings is 1. The third-order valence-electron chi connectivity index (χ3n) is 4.64. The lowest BCUT2D eigenvalue weighted by Gasteiger charge is -2.30. The quantitative estimate of drug-likeness (QED) is 0.615. The molecule has 11 heteroatoms. The molecule has 3 aromatic rings. The fraction of sp³-hybridized carbons (Fsp3) is 0.333. The van der Waals surface area contributed by atoms with E-state index in [4.69, 9.17) is 18.7 Å². The monoisotopic (exact) mass is 435 g/mol. The van der Waals surface area contributed by atoms with Crippen LogP contribution in [0.4, 0.5) is 0 Å². The van der Waals surface area contributed by atoms with E-state index >= 15 is 0 Å². The molecule has 2 aromatic heterocycles. The summed E-state index contributed by atoms with van der Waals surface area (Å²) in [6.45, 7) is 1.38. The van der Waals surface area contributed by atoms with E-state index in [1.165, 1.54) is 27.8 Å². The summed E-state index contributed by atoms with van der Waals surface area (Å²) in [4.78, 5) is 5.39. The Morgan fingerprint density at radius 2 is 1.97 bits per heavy atom. The van der Waals surface area contributed by atoms with Gasteiger partial charge in [0.2, 0.25) is 15.8 Å². The van der Waals surface area contributed by atoms with Crippen molar-refractivity contribution in [2.45, 2.75) is 11.0 Å². The molecule has 0 spiro atoms. The number of nitrogens with zero attached hydrogens (tertiary/aromatic N) is 3. The van der Waals surface area contributed by atoms with Gasteiger partial charge in [-0.1, -0.05) is 11.2 Å². The van der Waals surface area contributed by atoms with E-state index in [0.29, 0.717) is 30.5 Å². The normalized spacial score (nSPS) is 19.9. The van der Waals surface area contributed by atoms with E-state index < -0.39 is 16.1 Å². The average molecular weight is 435 g/mol. The molecule has 0 aliphatic carbocycles. The fourth-order valence-corrected chi connectivity index (χ4v) is 5.29. The molecule has 0 bridgehead atoms. The molecule has 4 heterocycles. The molecule has 0 unspecified atom stereocenters. The number of hydrogen-bond donors (Lipinski definition) is 0.